The monoisotopic (exact) mass is 652 g/mol. The number of hydrogen-bond acceptors (Lipinski definition) is 1. The van der Waals surface area contributed by atoms with E-state index in [1.165, 1.54) is 66.4 Å². The molecular formula is C49H36N2. The molecule has 0 atom stereocenters. The topological polar surface area (TPSA) is 8.17 Å². The molecule has 2 heteroatoms. The van der Waals surface area contributed by atoms with Gasteiger partial charge in [-0.25, -0.2) is 0 Å². The summed E-state index contributed by atoms with van der Waals surface area (Å²) < 4.78 is 2.36. The average molecular weight is 653 g/mol. The Bertz CT molecular complexity index is 2600. The summed E-state index contributed by atoms with van der Waals surface area (Å²) in [5, 5.41) is 2.53. The molecule has 9 rings (SSSR count). The summed E-state index contributed by atoms with van der Waals surface area (Å²) in [6.07, 6.45) is 0. The van der Waals surface area contributed by atoms with Crippen molar-refractivity contribution in [3.05, 3.63) is 206 Å². The normalized spacial score (nSPS) is 11.2. The highest BCUT2D eigenvalue weighted by Gasteiger charge is 2.15. The zero-order valence-electron chi connectivity index (χ0n) is 28.4. The molecule has 1 heterocycles. The van der Waals surface area contributed by atoms with E-state index in [9.17, 15) is 0 Å². The van der Waals surface area contributed by atoms with Gasteiger partial charge in [0.2, 0.25) is 0 Å². The third-order valence-corrected chi connectivity index (χ3v) is 9.86. The van der Waals surface area contributed by atoms with Gasteiger partial charge in [0.1, 0.15) is 0 Å². The first kappa shape index (κ1) is 30.4. The van der Waals surface area contributed by atoms with Crippen molar-refractivity contribution in [3.63, 3.8) is 0 Å². The lowest BCUT2D eigenvalue weighted by Crippen LogP contribution is -2.10. The van der Waals surface area contributed by atoms with Gasteiger partial charge < -0.3 is 9.47 Å². The maximum atomic E-state index is 2.36. The maximum absolute atomic E-state index is 2.36. The number of nitrogens with zero attached hydrogens (tertiary/aromatic N) is 2. The summed E-state index contributed by atoms with van der Waals surface area (Å²) in [5.41, 5.74) is 15.5. The minimum absolute atomic E-state index is 1.12. The van der Waals surface area contributed by atoms with Gasteiger partial charge in [-0.3, -0.25) is 0 Å². The molecule has 0 unspecified atom stereocenters. The molecule has 51 heavy (non-hydrogen) atoms. The van der Waals surface area contributed by atoms with Crippen LogP contribution < -0.4 is 4.90 Å². The summed E-state index contributed by atoms with van der Waals surface area (Å²) >= 11 is 0. The van der Waals surface area contributed by atoms with Crippen LogP contribution in [0.15, 0.2) is 200 Å². The van der Waals surface area contributed by atoms with Crippen LogP contribution in [0.2, 0.25) is 0 Å². The van der Waals surface area contributed by atoms with E-state index in [1.54, 1.807) is 0 Å². The molecule has 0 bridgehead atoms. The van der Waals surface area contributed by atoms with Crippen LogP contribution in [0, 0.1) is 6.92 Å². The van der Waals surface area contributed by atoms with Gasteiger partial charge in [0.25, 0.3) is 0 Å². The van der Waals surface area contributed by atoms with E-state index in [4.69, 9.17) is 0 Å². The average Bonchev–Trinajstić information content (AvgIpc) is 3.53. The maximum Gasteiger partial charge on any atom is 0.0541 e. The Morgan fingerprint density at radius 2 is 0.824 bits per heavy atom. The van der Waals surface area contributed by atoms with Crippen molar-refractivity contribution in [1.29, 1.82) is 0 Å². The van der Waals surface area contributed by atoms with Crippen molar-refractivity contribution in [2.45, 2.75) is 6.92 Å². The van der Waals surface area contributed by atoms with E-state index in [0.29, 0.717) is 0 Å². The molecule has 0 spiro atoms. The minimum atomic E-state index is 1.12. The van der Waals surface area contributed by atoms with Crippen molar-refractivity contribution in [1.82, 2.24) is 4.57 Å². The van der Waals surface area contributed by atoms with E-state index >= 15 is 0 Å². The number of benzene rings is 8. The second-order valence-electron chi connectivity index (χ2n) is 13.1. The number of aromatic nitrogens is 1. The number of fused-ring (bicyclic) bond motifs is 3. The van der Waals surface area contributed by atoms with E-state index in [2.05, 4.69) is 217 Å². The molecule has 1 aromatic heterocycles. The van der Waals surface area contributed by atoms with Gasteiger partial charge in [0, 0.05) is 33.5 Å². The van der Waals surface area contributed by atoms with E-state index < -0.39 is 0 Å². The predicted molar refractivity (Wildman–Crippen MR) is 217 cm³/mol. The third-order valence-electron chi connectivity index (χ3n) is 9.86. The highest BCUT2D eigenvalue weighted by molar-refractivity contribution is 6.10. The lowest BCUT2D eigenvalue weighted by Gasteiger charge is -2.26. The van der Waals surface area contributed by atoms with Crippen LogP contribution in [0.3, 0.4) is 0 Å². The molecule has 0 saturated heterocycles. The fourth-order valence-electron chi connectivity index (χ4n) is 7.31. The molecule has 8 aromatic carbocycles. The molecule has 0 aliphatic heterocycles. The van der Waals surface area contributed by atoms with Crippen molar-refractivity contribution in [2.24, 2.45) is 0 Å². The number of aryl methyl sites for hydroxylation is 1. The third kappa shape index (κ3) is 5.77. The molecule has 0 radical (unpaired) electrons. The first-order valence-corrected chi connectivity index (χ1v) is 17.5. The van der Waals surface area contributed by atoms with Crippen molar-refractivity contribution < 1.29 is 0 Å². The van der Waals surface area contributed by atoms with Gasteiger partial charge in [0.15, 0.2) is 0 Å². The Balaban J connectivity index is 1.02. The molecule has 0 saturated carbocycles. The van der Waals surface area contributed by atoms with Crippen LogP contribution in [0.5, 0.6) is 0 Å². The summed E-state index contributed by atoms with van der Waals surface area (Å²) in [7, 11) is 0. The summed E-state index contributed by atoms with van der Waals surface area (Å²) in [5.74, 6) is 0. The Labute approximate surface area is 299 Å². The van der Waals surface area contributed by atoms with Gasteiger partial charge in [-0.05, 0) is 113 Å². The van der Waals surface area contributed by atoms with Crippen LogP contribution in [0.1, 0.15) is 5.56 Å². The van der Waals surface area contributed by atoms with Gasteiger partial charge in [0.05, 0.1) is 11.0 Å². The number of hydrogen-bond donors (Lipinski definition) is 0. The lowest BCUT2D eigenvalue weighted by atomic mass is 9.98. The highest BCUT2D eigenvalue weighted by Crippen LogP contribution is 2.38. The molecule has 0 N–H and O–H groups in total. The van der Waals surface area contributed by atoms with Crippen LogP contribution in [-0.4, -0.2) is 4.57 Å². The fourth-order valence-corrected chi connectivity index (χ4v) is 7.31. The molecule has 2 nitrogen and oxygen atoms in total. The fraction of sp³-hybridized carbons (Fsp3) is 0.0204. The van der Waals surface area contributed by atoms with E-state index in [0.717, 1.165) is 17.1 Å². The summed E-state index contributed by atoms with van der Waals surface area (Å²) in [6.45, 7) is 2.15. The Hall–Kier alpha value is -6.64. The summed E-state index contributed by atoms with van der Waals surface area (Å²) in [4.78, 5) is 2.33. The quantitative estimate of drug-likeness (QED) is 0.166. The Morgan fingerprint density at radius 3 is 1.45 bits per heavy atom. The Morgan fingerprint density at radius 1 is 0.333 bits per heavy atom. The first-order chi connectivity index (χ1) is 25.2. The second-order valence-corrected chi connectivity index (χ2v) is 13.1. The van der Waals surface area contributed by atoms with Crippen molar-refractivity contribution in [2.75, 3.05) is 4.90 Å². The zero-order valence-corrected chi connectivity index (χ0v) is 28.4. The minimum Gasteiger partial charge on any atom is -0.310 e. The molecule has 0 fully saturated rings. The van der Waals surface area contributed by atoms with Gasteiger partial charge in [-0.1, -0.05) is 133 Å². The zero-order chi connectivity index (χ0) is 34.1. The molecule has 0 amide bonds. The molecule has 0 aliphatic carbocycles. The van der Waals surface area contributed by atoms with Crippen molar-refractivity contribution >= 4 is 38.9 Å². The molecule has 0 aliphatic rings. The van der Waals surface area contributed by atoms with Gasteiger partial charge >= 0.3 is 0 Å². The van der Waals surface area contributed by atoms with E-state index in [1.807, 2.05) is 0 Å². The van der Waals surface area contributed by atoms with Crippen LogP contribution in [0.4, 0.5) is 17.1 Å². The molecule has 242 valence electrons. The predicted octanol–water partition coefficient (Wildman–Crippen LogP) is 13.6. The smallest absolute Gasteiger partial charge is 0.0541 e. The van der Waals surface area contributed by atoms with Crippen LogP contribution in [-0.2, 0) is 0 Å². The van der Waals surface area contributed by atoms with Crippen LogP contribution >= 0.6 is 0 Å². The standard InChI is InChI=1S/C49H36N2/c1-35-11-10-16-45(33-35)50(43-28-23-38(24-29-43)36-12-4-2-5-13-36)44-30-25-39(26-31-44)37-19-21-40(22-20-37)41-27-32-49-47(34-41)46-17-8-9-18-48(46)51(49)42-14-6-3-7-15-42/h2-34H,1H3. The molecule has 9 aromatic rings. The Kier molecular flexibility index (Phi) is 7.75. The SMILES string of the molecule is Cc1cccc(N(c2ccc(-c3ccccc3)cc2)c2ccc(-c3ccc(-c4ccc5c(c4)c4ccccc4n5-c4ccccc4)cc3)cc2)c1. The largest absolute Gasteiger partial charge is 0.310 e. The number of para-hydroxylation sites is 2. The molecular weight excluding hydrogens is 617 g/mol. The van der Waals surface area contributed by atoms with Gasteiger partial charge in [-0.15, -0.1) is 0 Å². The van der Waals surface area contributed by atoms with Crippen molar-refractivity contribution in [3.8, 4) is 39.1 Å². The van der Waals surface area contributed by atoms with Crippen LogP contribution in [0.25, 0.3) is 60.9 Å². The van der Waals surface area contributed by atoms with Gasteiger partial charge in [-0.2, -0.15) is 0 Å². The number of rotatable bonds is 7. The first-order valence-electron chi connectivity index (χ1n) is 17.5. The number of anilines is 3. The second kappa shape index (κ2) is 13.0. The summed E-state index contributed by atoms with van der Waals surface area (Å²) in [6, 6.07) is 72.2. The lowest BCUT2D eigenvalue weighted by molar-refractivity contribution is 1.18. The van der Waals surface area contributed by atoms with E-state index in [-0.39, 0.29) is 0 Å². The highest BCUT2D eigenvalue weighted by atomic mass is 15.1.